The first-order valence-electron chi connectivity index (χ1n) is 6.67. The lowest BCUT2D eigenvalue weighted by molar-refractivity contribution is 0.374. The number of nitrogens with two attached hydrogens (primary N) is 1. The number of hydrogen-bond donors (Lipinski definition) is 1. The number of aryl methyl sites for hydroxylation is 3. The molecule has 0 fully saturated rings. The normalized spacial score (nSPS) is 10.9. The van der Waals surface area contributed by atoms with Gasteiger partial charge in [-0.3, -0.25) is 4.98 Å². The van der Waals surface area contributed by atoms with Gasteiger partial charge in [-0.05, 0) is 45.4 Å². The molecule has 0 saturated carbocycles. The molecule has 2 aromatic heterocycles. The highest BCUT2D eigenvalue weighted by Gasteiger charge is 2.09. The topological polar surface area (TPSA) is 77.8 Å². The van der Waals surface area contributed by atoms with Crippen LogP contribution in [0, 0.1) is 13.8 Å². The third kappa shape index (κ3) is 3.86. The predicted octanol–water partition coefficient (Wildman–Crippen LogP) is 2.42. The van der Waals surface area contributed by atoms with Crippen LogP contribution >= 0.6 is 0 Å². The van der Waals surface area contributed by atoms with Crippen molar-refractivity contribution in [1.82, 2.24) is 15.1 Å². The summed E-state index contributed by atoms with van der Waals surface area (Å²) in [5.74, 6) is 1.33. The van der Waals surface area contributed by atoms with Crippen LogP contribution in [-0.2, 0) is 6.42 Å². The van der Waals surface area contributed by atoms with Gasteiger partial charge < -0.3 is 10.3 Å². The Bertz CT molecular complexity index is 516. The lowest BCUT2D eigenvalue weighted by Gasteiger charge is -1.99. The van der Waals surface area contributed by atoms with Gasteiger partial charge in [-0.25, -0.2) is 0 Å². The van der Waals surface area contributed by atoms with Gasteiger partial charge in [0.05, 0.1) is 0 Å². The number of aromatic nitrogens is 3. The Kier molecular flexibility index (Phi) is 4.63. The van der Waals surface area contributed by atoms with E-state index in [1.54, 1.807) is 0 Å². The second-order valence-electron chi connectivity index (χ2n) is 4.75. The first-order chi connectivity index (χ1) is 9.19. The Morgan fingerprint density at radius 3 is 2.47 bits per heavy atom. The van der Waals surface area contributed by atoms with Crippen LogP contribution in [0.2, 0.25) is 0 Å². The number of unbranched alkanes of at least 4 members (excludes halogenated alkanes) is 2. The molecule has 5 nitrogen and oxygen atoms in total. The number of nitrogens with zero attached hydrogens (tertiary/aromatic N) is 3. The van der Waals surface area contributed by atoms with Gasteiger partial charge >= 0.3 is 0 Å². The number of hydrogen-bond acceptors (Lipinski definition) is 5. The van der Waals surface area contributed by atoms with E-state index in [9.17, 15) is 0 Å². The molecule has 19 heavy (non-hydrogen) atoms. The maximum Gasteiger partial charge on any atom is 0.226 e. The number of rotatable bonds is 6. The first kappa shape index (κ1) is 13.7. The molecule has 102 valence electrons. The molecule has 0 unspecified atom stereocenters. The fraction of sp³-hybridized carbons (Fsp3) is 0.500. The van der Waals surface area contributed by atoms with Gasteiger partial charge in [0.2, 0.25) is 11.7 Å². The quantitative estimate of drug-likeness (QED) is 0.807. The largest absolute Gasteiger partial charge is 0.339 e. The van der Waals surface area contributed by atoms with E-state index in [0.717, 1.165) is 49.2 Å². The lowest BCUT2D eigenvalue weighted by atomic mass is 10.2. The minimum absolute atomic E-state index is 0.641. The maximum atomic E-state index is 5.46. The minimum Gasteiger partial charge on any atom is -0.339 e. The molecule has 0 atom stereocenters. The zero-order valence-corrected chi connectivity index (χ0v) is 11.5. The molecule has 2 N–H and O–H groups in total. The van der Waals surface area contributed by atoms with Crippen LogP contribution in [-0.4, -0.2) is 21.7 Å². The fourth-order valence-electron chi connectivity index (χ4n) is 2.03. The number of pyridine rings is 1. The van der Waals surface area contributed by atoms with Crippen molar-refractivity contribution >= 4 is 0 Å². The predicted molar refractivity (Wildman–Crippen MR) is 73.6 cm³/mol. The highest BCUT2D eigenvalue weighted by molar-refractivity contribution is 5.55. The van der Waals surface area contributed by atoms with Crippen molar-refractivity contribution < 1.29 is 4.52 Å². The molecular formula is C14H20N4O. The third-order valence-corrected chi connectivity index (χ3v) is 2.90. The standard InChI is InChI=1S/C14H20N4O/c1-10-8-12(9-11(2)16-10)14-17-13(19-18-14)6-4-3-5-7-15/h8-9H,3-7,15H2,1-2H3. The van der Waals surface area contributed by atoms with E-state index < -0.39 is 0 Å². The van der Waals surface area contributed by atoms with Gasteiger partial charge in [0.15, 0.2) is 0 Å². The van der Waals surface area contributed by atoms with Gasteiger partial charge in [-0.15, -0.1) is 0 Å². The Labute approximate surface area is 113 Å². The van der Waals surface area contributed by atoms with E-state index in [1.165, 1.54) is 0 Å². The summed E-state index contributed by atoms with van der Waals surface area (Å²) in [5, 5.41) is 4.03. The molecule has 0 radical (unpaired) electrons. The van der Waals surface area contributed by atoms with E-state index in [1.807, 2.05) is 26.0 Å². The second-order valence-corrected chi connectivity index (χ2v) is 4.75. The van der Waals surface area contributed by atoms with E-state index in [2.05, 4.69) is 15.1 Å². The van der Waals surface area contributed by atoms with Crippen LogP contribution in [0.15, 0.2) is 16.7 Å². The summed E-state index contributed by atoms with van der Waals surface area (Å²) in [6.07, 6.45) is 3.99. The first-order valence-corrected chi connectivity index (χ1v) is 6.67. The molecule has 0 aliphatic rings. The van der Waals surface area contributed by atoms with Crippen molar-refractivity contribution in [2.24, 2.45) is 5.73 Å². The Balaban J connectivity index is 2.03. The van der Waals surface area contributed by atoms with Crippen LogP contribution in [0.5, 0.6) is 0 Å². The Morgan fingerprint density at radius 2 is 1.79 bits per heavy atom. The molecule has 0 spiro atoms. The van der Waals surface area contributed by atoms with E-state index in [0.29, 0.717) is 11.7 Å². The summed E-state index contributed by atoms with van der Waals surface area (Å²) in [7, 11) is 0. The van der Waals surface area contributed by atoms with Gasteiger partial charge in [0.1, 0.15) is 0 Å². The Morgan fingerprint density at radius 1 is 1.05 bits per heavy atom. The van der Waals surface area contributed by atoms with Gasteiger partial charge in [0, 0.05) is 23.4 Å². The summed E-state index contributed by atoms with van der Waals surface area (Å²) in [4.78, 5) is 8.76. The smallest absolute Gasteiger partial charge is 0.226 e. The zero-order chi connectivity index (χ0) is 13.7. The molecule has 0 amide bonds. The van der Waals surface area contributed by atoms with Gasteiger partial charge in [0.25, 0.3) is 0 Å². The zero-order valence-electron chi connectivity index (χ0n) is 11.5. The average molecular weight is 260 g/mol. The van der Waals surface area contributed by atoms with E-state index in [-0.39, 0.29) is 0 Å². The summed E-state index contributed by atoms with van der Waals surface area (Å²) in [6.45, 7) is 4.67. The van der Waals surface area contributed by atoms with Crippen LogP contribution in [0.3, 0.4) is 0 Å². The fourth-order valence-corrected chi connectivity index (χ4v) is 2.03. The molecule has 0 aliphatic heterocycles. The highest BCUT2D eigenvalue weighted by atomic mass is 16.5. The minimum atomic E-state index is 0.641. The molecule has 2 heterocycles. The van der Waals surface area contributed by atoms with Crippen molar-refractivity contribution in [3.8, 4) is 11.4 Å². The van der Waals surface area contributed by atoms with Crippen LogP contribution < -0.4 is 5.73 Å². The molecule has 0 aromatic carbocycles. The van der Waals surface area contributed by atoms with E-state index in [4.69, 9.17) is 10.3 Å². The van der Waals surface area contributed by atoms with Crippen molar-refractivity contribution in [2.45, 2.75) is 39.5 Å². The molecule has 5 heteroatoms. The van der Waals surface area contributed by atoms with Crippen LogP contribution in [0.4, 0.5) is 0 Å². The molecule has 2 aromatic rings. The summed E-state index contributed by atoms with van der Waals surface area (Å²) in [6, 6.07) is 3.94. The van der Waals surface area contributed by atoms with Crippen molar-refractivity contribution in [1.29, 1.82) is 0 Å². The lowest BCUT2D eigenvalue weighted by Crippen LogP contribution is -1.98. The Hall–Kier alpha value is -1.75. The van der Waals surface area contributed by atoms with Crippen molar-refractivity contribution in [3.63, 3.8) is 0 Å². The summed E-state index contributed by atoms with van der Waals surface area (Å²) < 4.78 is 5.27. The summed E-state index contributed by atoms with van der Waals surface area (Å²) in [5.41, 5.74) is 8.34. The monoisotopic (exact) mass is 260 g/mol. The van der Waals surface area contributed by atoms with Crippen molar-refractivity contribution in [2.75, 3.05) is 6.54 Å². The molecule has 0 aliphatic carbocycles. The second kappa shape index (κ2) is 6.43. The van der Waals surface area contributed by atoms with Crippen molar-refractivity contribution in [3.05, 3.63) is 29.4 Å². The maximum absolute atomic E-state index is 5.46. The summed E-state index contributed by atoms with van der Waals surface area (Å²) >= 11 is 0. The van der Waals surface area contributed by atoms with Gasteiger partial charge in [-0.1, -0.05) is 11.6 Å². The van der Waals surface area contributed by atoms with Crippen LogP contribution in [0.25, 0.3) is 11.4 Å². The SMILES string of the molecule is Cc1cc(-c2noc(CCCCCN)n2)cc(C)n1. The third-order valence-electron chi connectivity index (χ3n) is 2.90. The molecular weight excluding hydrogens is 240 g/mol. The van der Waals surface area contributed by atoms with E-state index >= 15 is 0 Å². The molecule has 2 rings (SSSR count). The van der Waals surface area contributed by atoms with Gasteiger partial charge in [-0.2, -0.15) is 4.98 Å². The highest BCUT2D eigenvalue weighted by Crippen LogP contribution is 2.18. The molecule has 0 bridgehead atoms. The van der Waals surface area contributed by atoms with Crippen LogP contribution in [0.1, 0.15) is 36.5 Å². The average Bonchev–Trinajstić information content (AvgIpc) is 2.82. The molecule has 0 saturated heterocycles.